The molecule has 0 bridgehead atoms. The summed E-state index contributed by atoms with van der Waals surface area (Å²) in [7, 11) is 0. The number of hydrogen-bond acceptors (Lipinski definition) is 2. The second-order valence-electron chi connectivity index (χ2n) is 7.53. The Morgan fingerprint density at radius 2 is 1.93 bits per heavy atom. The predicted molar refractivity (Wildman–Crippen MR) is 117 cm³/mol. The van der Waals surface area contributed by atoms with Crippen molar-refractivity contribution in [3.05, 3.63) is 76.9 Å². The molecule has 0 saturated carbocycles. The number of allylic oxidation sites excluding steroid dienone is 2. The summed E-state index contributed by atoms with van der Waals surface area (Å²) in [6, 6.07) is 10.6. The van der Waals surface area contributed by atoms with Gasteiger partial charge in [0.05, 0.1) is 0 Å². The van der Waals surface area contributed by atoms with Gasteiger partial charge in [0.15, 0.2) is 0 Å². The highest BCUT2D eigenvalue weighted by molar-refractivity contribution is 5.95. The van der Waals surface area contributed by atoms with Gasteiger partial charge in [-0.25, -0.2) is 0 Å². The maximum absolute atomic E-state index is 12.8. The van der Waals surface area contributed by atoms with Gasteiger partial charge in [0.2, 0.25) is 0 Å². The molecular weight excluding hydrogens is 346 g/mol. The van der Waals surface area contributed by atoms with Gasteiger partial charge in [0.1, 0.15) is 5.52 Å². The molecule has 3 heterocycles. The highest BCUT2D eigenvalue weighted by Crippen LogP contribution is 2.30. The zero-order chi connectivity index (χ0) is 19.7. The first-order valence-corrected chi connectivity index (χ1v) is 9.97. The molecule has 1 fully saturated rings. The van der Waals surface area contributed by atoms with Gasteiger partial charge in [-0.1, -0.05) is 43.0 Å². The van der Waals surface area contributed by atoms with Crippen molar-refractivity contribution < 1.29 is 0 Å². The normalized spacial score (nSPS) is 14.4. The third-order valence-electron chi connectivity index (χ3n) is 5.56. The van der Waals surface area contributed by atoms with E-state index in [-0.39, 0.29) is 5.56 Å². The zero-order valence-corrected chi connectivity index (χ0v) is 16.7. The number of aryl methyl sites for hydroxylation is 1. The Balaban J connectivity index is 1.76. The summed E-state index contributed by atoms with van der Waals surface area (Å²) < 4.78 is 1.77. The lowest BCUT2D eigenvalue weighted by atomic mass is 10.0. The summed E-state index contributed by atoms with van der Waals surface area (Å²) in [4.78, 5) is 18.4. The van der Waals surface area contributed by atoms with Crippen LogP contribution in [0, 0.1) is 6.92 Å². The largest absolute Gasteiger partial charge is 0.372 e. The Morgan fingerprint density at radius 1 is 1.21 bits per heavy atom. The molecule has 3 aromatic rings. The molecule has 0 amide bonds. The first-order chi connectivity index (χ1) is 13.6. The van der Waals surface area contributed by atoms with Gasteiger partial charge in [-0.15, -0.1) is 0 Å². The number of aromatic nitrogens is 2. The van der Waals surface area contributed by atoms with Crippen LogP contribution in [0.3, 0.4) is 0 Å². The summed E-state index contributed by atoms with van der Waals surface area (Å²) in [6.07, 6.45) is 8.43. The van der Waals surface area contributed by atoms with E-state index in [1.165, 1.54) is 12.8 Å². The highest BCUT2D eigenvalue weighted by Gasteiger charge is 2.16. The number of nitrogens with one attached hydrogen (secondary N) is 1. The number of fused-ring (bicyclic) bond motifs is 1. The lowest BCUT2D eigenvalue weighted by Gasteiger charge is -2.20. The Kier molecular flexibility index (Phi) is 4.95. The lowest BCUT2D eigenvalue weighted by Crippen LogP contribution is -2.19. The fourth-order valence-electron chi connectivity index (χ4n) is 3.99. The molecule has 1 N–H and O–H groups in total. The smallest absolute Gasteiger partial charge is 0.275 e. The SMILES string of the molecule is C=C(c1ccc(-c2cn(C/C=C/C)c(=O)c3[nH]c(C)cc23)cc1)N1CCCC1. The molecule has 144 valence electrons. The van der Waals surface area contributed by atoms with Crippen LogP contribution >= 0.6 is 0 Å². The summed E-state index contributed by atoms with van der Waals surface area (Å²) >= 11 is 0. The maximum atomic E-state index is 12.8. The van der Waals surface area contributed by atoms with Crippen molar-refractivity contribution in [1.29, 1.82) is 0 Å². The van der Waals surface area contributed by atoms with Crippen molar-refractivity contribution in [2.24, 2.45) is 0 Å². The number of H-pyrrole nitrogens is 1. The number of likely N-dealkylation sites (tertiary alicyclic amines) is 1. The van der Waals surface area contributed by atoms with Crippen LogP contribution in [0.4, 0.5) is 0 Å². The first-order valence-electron chi connectivity index (χ1n) is 9.97. The van der Waals surface area contributed by atoms with Crippen LogP contribution in [0.25, 0.3) is 27.7 Å². The van der Waals surface area contributed by atoms with Crippen LogP contribution < -0.4 is 5.56 Å². The average molecular weight is 374 g/mol. The second-order valence-corrected chi connectivity index (χ2v) is 7.53. The molecule has 1 aromatic carbocycles. The molecule has 0 atom stereocenters. The van der Waals surface area contributed by atoms with Crippen molar-refractivity contribution >= 4 is 16.6 Å². The molecule has 1 aliphatic rings. The van der Waals surface area contributed by atoms with Gasteiger partial charge < -0.3 is 14.5 Å². The molecule has 4 heteroatoms. The molecule has 28 heavy (non-hydrogen) atoms. The third-order valence-corrected chi connectivity index (χ3v) is 5.56. The number of aromatic amines is 1. The number of pyridine rings is 1. The third kappa shape index (κ3) is 3.31. The molecule has 0 aliphatic carbocycles. The van der Waals surface area contributed by atoms with Gasteiger partial charge in [-0.2, -0.15) is 0 Å². The predicted octanol–water partition coefficient (Wildman–Crippen LogP) is 4.95. The number of nitrogens with zero attached hydrogens (tertiary/aromatic N) is 2. The molecule has 0 spiro atoms. The molecule has 1 aliphatic heterocycles. The van der Waals surface area contributed by atoms with Crippen molar-refractivity contribution in [1.82, 2.24) is 14.5 Å². The summed E-state index contributed by atoms with van der Waals surface area (Å²) in [6.45, 7) is 11.0. The van der Waals surface area contributed by atoms with E-state index in [1.807, 2.05) is 32.2 Å². The Labute approximate surface area is 165 Å². The van der Waals surface area contributed by atoms with Crippen molar-refractivity contribution in [2.75, 3.05) is 13.1 Å². The molecule has 4 nitrogen and oxygen atoms in total. The van der Waals surface area contributed by atoms with Gasteiger partial charge in [-0.05, 0) is 43.9 Å². The van der Waals surface area contributed by atoms with E-state index in [0.717, 1.165) is 46.6 Å². The first kappa shape index (κ1) is 18.4. The van der Waals surface area contributed by atoms with E-state index in [1.54, 1.807) is 4.57 Å². The van der Waals surface area contributed by atoms with Crippen LogP contribution in [0.2, 0.25) is 0 Å². The monoisotopic (exact) mass is 373 g/mol. The summed E-state index contributed by atoms with van der Waals surface area (Å²) in [5.41, 5.74) is 6.13. The Bertz CT molecular complexity index is 1090. The molecule has 1 saturated heterocycles. The van der Waals surface area contributed by atoms with Gasteiger partial charge in [-0.3, -0.25) is 4.79 Å². The van der Waals surface area contributed by atoms with Crippen molar-refractivity contribution in [3.63, 3.8) is 0 Å². The fraction of sp³-hybridized carbons (Fsp3) is 0.292. The van der Waals surface area contributed by atoms with E-state index in [9.17, 15) is 4.79 Å². The minimum atomic E-state index is 0.0176. The topological polar surface area (TPSA) is 41.0 Å². The minimum Gasteiger partial charge on any atom is -0.372 e. The van der Waals surface area contributed by atoms with Crippen LogP contribution in [-0.2, 0) is 6.54 Å². The van der Waals surface area contributed by atoms with Crippen LogP contribution in [0.15, 0.2) is 60.1 Å². The van der Waals surface area contributed by atoms with Crippen molar-refractivity contribution in [3.8, 4) is 11.1 Å². The van der Waals surface area contributed by atoms with E-state index >= 15 is 0 Å². The molecule has 4 rings (SSSR count). The van der Waals surface area contributed by atoms with E-state index in [2.05, 4.69) is 46.8 Å². The standard InChI is InChI=1S/C24H27N3O/c1-4-5-12-27-16-22(21-15-17(2)25-23(21)24(27)28)20-10-8-19(9-11-20)18(3)26-13-6-7-14-26/h4-5,8-11,15-16,25H,3,6-7,12-14H2,1-2H3/b5-4+. The van der Waals surface area contributed by atoms with Gasteiger partial charge >= 0.3 is 0 Å². The maximum Gasteiger partial charge on any atom is 0.275 e. The quantitative estimate of drug-likeness (QED) is 0.643. The molecule has 2 aromatic heterocycles. The second kappa shape index (κ2) is 7.55. The molecule has 0 unspecified atom stereocenters. The van der Waals surface area contributed by atoms with E-state index < -0.39 is 0 Å². The zero-order valence-electron chi connectivity index (χ0n) is 16.7. The van der Waals surface area contributed by atoms with Gasteiger partial charge in [0.25, 0.3) is 5.56 Å². The average Bonchev–Trinajstić information content (AvgIpc) is 3.37. The summed E-state index contributed by atoms with van der Waals surface area (Å²) in [5, 5.41) is 0.977. The lowest BCUT2D eigenvalue weighted by molar-refractivity contribution is 0.494. The molecule has 0 radical (unpaired) electrons. The van der Waals surface area contributed by atoms with Gasteiger partial charge in [0, 0.05) is 48.2 Å². The van der Waals surface area contributed by atoms with Crippen LogP contribution in [0.5, 0.6) is 0 Å². The Hall–Kier alpha value is -3.01. The highest BCUT2D eigenvalue weighted by atomic mass is 16.1. The minimum absolute atomic E-state index is 0.0176. The van der Waals surface area contributed by atoms with Crippen LogP contribution in [0.1, 0.15) is 31.0 Å². The molecular formula is C24H27N3O. The fourth-order valence-corrected chi connectivity index (χ4v) is 3.99. The van der Waals surface area contributed by atoms with E-state index in [0.29, 0.717) is 12.1 Å². The Morgan fingerprint density at radius 3 is 2.61 bits per heavy atom. The van der Waals surface area contributed by atoms with Crippen LogP contribution in [-0.4, -0.2) is 27.5 Å². The number of hydrogen-bond donors (Lipinski definition) is 1. The number of benzene rings is 1. The van der Waals surface area contributed by atoms with Crippen molar-refractivity contribution in [2.45, 2.75) is 33.2 Å². The number of rotatable bonds is 5. The summed E-state index contributed by atoms with van der Waals surface area (Å²) in [5.74, 6) is 0. The van der Waals surface area contributed by atoms with E-state index in [4.69, 9.17) is 0 Å².